The molecule has 1 aliphatic rings. The third-order valence-corrected chi connectivity index (χ3v) is 2.38. The number of aliphatic hydroxyl groups is 4. The summed E-state index contributed by atoms with van der Waals surface area (Å²) in [5, 5.41) is 39.4. The number of aliphatic hydroxyl groups excluding tert-OH is 4. The molecule has 0 saturated carbocycles. The van der Waals surface area contributed by atoms with Crippen LogP contribution in [0.4, 0.5) is 0 Å². The monoisotopic (exact) mass is 236 g/mol. The molecule has 8 nitrogen and oxygen atoms in total. The van der Waals surface area contributed by atoms with E-state index in [0.717, 1.165) is 0 Å². The zero-order valence-corrected chi connectivity index (χ0v) is 8.48. The average Bonchev–Trinajstić information content (AvgIpc) is 2.29. The van der Waals surface area contributed by atoms with Crippen molar-refractivity contribution in [2.24, 2.45) is 5.73 Å². The molecule has 0 radical (unpaired) electrons. The summed E-state index contributed by atoms with van der Waals surface area (Å²) in [5.41, 5.74) is 5.05. The zero-order valence-electron chi connectivity index (χ0n) is 8.48. The quantitative estimate of drug-likeness (QED) is 0.292. The molecular weight excluding hydrogens is 220 g/mol. The molecule has 5 atom stereocenters. The van der Waals surface area contributed by atoms with Crippen LogP contribution in [0.1, 0.15) is 0 Å². The molecule has 7 N–H and O–H groups in total. The van der Waals surface area contributed by atoms with Gasteiger partial charge in [-0.2, -0.15) is 0 Å². The maximum absolute atomic E-state index is 11.0. The van der Waals surface area contributed by atoms with Gasteiger partial charge in [0.2, 0.25) is 5.91 Å². The third-order valence-electron chi connectivity index (χ3n) is 2.38. The number of nitrogens with two attached hydrogens (primary N) is 1. The van der Waals surface area contributed by atoms with E-state index in [1.165, 1.54) is 0 Å². The normalized spacial score (nSPS) is 39.4. The Balaban J connectivity index is 2.67. The van der Waals surface area contributed by atoms with Gasteiger partial charge in [-0.05, 0) is 0 Å². The number of ether oxygens (including phenoxy) is 1. The number of carbonyl (C=O) groups excluding carboxylic acids is 1. The zero-order chi connectivity index (χ0) is 12.3. The number of hydrogen-bond acceptors (Lipinski definition) is 7. The molecule has 1 fully saturated rings. The number of nitrogens with one attached hydrogen (secondary N) is 1. The summed E-state index contributed by atoms with van der Waals surface area (Å²) in [5.74, 6) is -0.579. The largest absolute Gasteiger partial charge is 0.394 e. The van der Waals surface area contributed by atoms with E-state index in [2.05, 4.69) is 5.32 Å². The molecule has 3 unspecified atom stereocenters. The Hall–Kier alpha value is -0.770. The van der Waals surface area contributed by atoms with Gasteiger partial charge in [-0.1, -0.05) is 0 Å². The molecule has 1 heterocycles. The van der Waals surface area contributed by atoms with Crippen molar-refractivity contribution in [3.8, 4) is 0 Å². The van der Waals surface area contributed by atoms with Gasteiger partial charge in [-0.3, -0.25) is 4.79 Å². The van der Waals surface area contributed by atoms with Crippen LogP contribution in [-0.2, 0) is 9.53 Å². The Morgan fingerprint density at radius 2 is 1.88 bits per heavy atom. The van der Waals surface area contributed by atoms with Crippen molar-refractivity contribution in [1.29, 1.82) is 0 Å². The first-order valence-electron chi connectivity index (χ1n) is 4.81. The highest BCUT2D eigenvalue weighted by Crippen LogP contribution is 2.19. The highest BCUT2D eigenvalue weighted by Gasteiger charge is 2.43. The van der Waals surface area contributed by atoms with Crippen molar-refractivity contribution < 1.29 is 30.0 Å². The molecule has 8 heteroatoms. The van der Waals surface area contributed by atoms with E-state index < -0.39 is 43.2 Å². The van der Waals surface area contributed by atoms with Crippen molar-refractivity contribution in [3.05, 3.63) is 0 Å². The van der Waals surface area contributed by atoms with Gasteiger partial charge in [0.05, 0.1) is 13.2 Å². The van der Waals surface area contributed by atoms with Gasteiger partial charge >= 0.3 is 0 Å². The first-order chi connectivity index (χ1) is 7.51. The fourth-order valence-electron chi connectivity index (χ4n) is 1.44. The van der Waals surface area contributed by atoms with E-state index in [1.807, 2.05) is 0 Å². The lowest BCUT2D eigenvalue weighted by Crippen LogP contribution is -2.63. The van der Waals surface area contributed by atoms with Crippen molar-refractivity contribution >= 4 is 5.91 Å². The Labute approximate surface area is 91.6 Å². The van der Waals surface area contributed by atoms with Crippen LogP contribution in [0.3, 0.4) is 0 Å². The minimum atomic E-state index is -1.51. The first kappa shape index (κ1) is 13.3. The molecule has 1 aliphatic heterocycles. The second-order valence-corrected chi connectivity index (χ2v) is 3.52. The summed E-state index contributed by atoms with van der Waals surface area (Å²) < 4.78 is 5.01. The van der Waals surface area contributed by atoms with E-state index in [-0.39, 0.29) is 6.54 Å². The van der Waals surface area contributed by atoms with Crippen LogP contribution in [0.2, 0.25) is 0 Å². The molecule has 0 aromatic carbocycles. The highest BCUT2D eigenvalue weighted by molar-refractivity contribution is 5.77. The summed E-state index contributed by atoms with van der Waals surface area (Å²) in [6.07, 6.45) is -6.67. The van der Waals surface area contributed by atoms with Crippen molar-refractivity contribution in [2.45, 2.75) is 30.6 Å². The third kappa shape index (κ3) is 2.67. The Kier molecular flexibility index (Phi) is 4.59. The summed E-state index contributed by atoms with van der Waals surface area (Å²) in [4.78, 5) is 11.0. The van der Waals surface area contributed by atoms with Crippen LogP contribution in [0.5, 0.6) is 0 Å². The van der Waals surface area contributed by atoms with E-state index >= 15 is 0 Å². The molecule has 1 rings (SSSR count). The van der Waals surface area contributed by atoms with E-state index in [0.29, 0.717) is 0 Å². The van der Waals surface area contributed by atoms with Crippen LogP contribution in [0.25, 0.3) is 0 Å². The second kappa shape index (κ2) is 5.53. The molecule has 0 aromatic heterocycles. The predicted octanol–water partition coefficient (Wildman–Crippen LogP) is -4.14. The second-order valence-electron chi connectivity index (χ2n) is 3.52. The molecule has 16 heavy (non-hydrogen) atoms. The molecule has 0 aliphatic carbocycles. The summed E-state index contributed by atoms with van der Waals surface area (Å²) in [6, 6.07) is 0. The predicted molar refractivity (Wildman–Crippen MR) is 51.0 cm³/mol. The molecule has 0 bridgehead atoms. The minimum Gasteiger partial charge on any atom is -0.394 e. The fraction of sp³-hybridized carbons (Fsp3) is 0.875. The van der Waals surface area contributed by atoms with Crippen LogP contribution in [-0.4, -0.2) is 70.1 Å². The van der Waals surface area contributed by atoms with Gasteiger partial charge in [0.1, 0.15) is 24.4 Å². The molecule has 94 valence electrons. The standard InChI is InChI=1S/C8H16N2O6/c9-1-4(12)10-8-7(15)6(14)5(13)3(2-11)16-8/h3,5-8,11,13-15H,1-2,9H2,(H,10,12)/t3?,5-,6?,7?,8+/m0/s1. The van der Waals surface area contributed by atoms with Gasteiger partial charge in [-0.25, -0.2) is 0 Å². The maximum atomic E-state index is 11.0. The number of amides is 1. The van der Waals surface area contributed by atoms with Crippen LogP contribution in [0, 0.1) is 0 Å². The van der Waals surface area contributed by atoms with Crippen LogP contribution >= 0.6 is 0 Å². The van der Waals surface area contributed by atoms with E-state index in [9.17, 15) is 20.1 Å². The maximum Gasteiger partial charge on any atom is 0.235 e. The molecule has 1 amide bonds. The lowest BCUT2D eigenvalue weighted by molar-refractivity contribution is -0.235. The van der Waals surface area contributed by atoms with Crippen LogP contribution < -0.4 is 11.1 Å². The van der Waals surface area contributed by atoms with Gasteiger partial charge in [0.15, 0.2) is 6.23 Å². The summed E-state index contributed by atoms with van der Waals surface area (Å²) in [6.45, 7) is -0.838. The van der Waals surface area contributed by atoms with Crippen LogP contribution in [0.15, 0.2) is 0 Å². The number of carbonyl (C=O) groups is 1. The van der Waals surface area contributed by atoms with Gasteiger partial charge in [-0.15, -0.1) is 0 Å². The van der Waals surface area contributed by atoms with E-state index in [4.69, 9.17) is 15.6 Å². The topological polar surface area (TPSA) is 145 Å². The molecule has 0 aromatic rings. The number of hydrogen-bond donors (Lipinski definition) is 6. The Morgan fingerprint density at radius 3 is 2.38 bits per heavy atom. The minimum absolute atomic E-state index is 0.297. The lowest BCUT2D eigenvalue weighted by Gasteiger charge is -2.40. The first-order valence-corrected chi connectivity index (χ1v) is 4.81. The van der Waals surface area contributed by atoms with Crippen molar-refractivity contribution in [2.75, 3.05) is 13.2 Å². The molecular formula is C8H16N2O6. The summed E-state index contributed by atoms with van der Waals surface area (Å²) >= 11 is 0. The van der Waals surface area contributed by atoms with Crippen molar-refractivity contribution in [3.63, 3.8) is 0 Å². The fourth-order valence-corrected chi connectivity index (χ4v) is 1.44. The summed E-state index contributed by atoms with van der Waals surface area (Å²) in [7, 11) is 0. The SMILES string of the molecule is NCC(=O)N[C@@H]1OC(CO)[C@H](O)C(O)C1O. The van der Waals surface area contributed by atoms with E-state index in [1.54, 1.807) is 0 Å². The molecule has 1 saturated heterocycles. The Bertz CT molecular complexity index is 249. The van der Waals surface area contributed by atoms with Gasteiger partial charge in [0.25, 0.3) is 0 Å². The smallest absolute Gasteiger partial charge is 0.235 e. The molecule has 0 spiro atoms. The highest BCUT2D eigenvalue weighted by atomic mass is 16.6. The average molecular weight is 236 g/mol. The van der Waals surface area contributed by atoms with Gasteiger partial charge < -0.3 is 36.2 Å². The number of rotatable bonds is 3. The van der Waals surface area contributed by atoms with Gasteiger partial charge in [0, 0.05) is 0 Å². The van der Waals surface area contributed by atoms with Crippen molar-refractivity contribution in [1.82, 2.24) is 5.32 Å². The lowest BCUT2D eigenvalue weighted by atomic mass is 9.98. The Morgan fingerprint density at radius 1 is 1.25 bits per heavy atom.